The number of thioether (sulfide) groups is 1. The van der Waals surface area contributed by atoms with Crippen molar-refractivity contribution in [1.82, 2.24) is 0 Å². The van der Waals surface area contributed by atoms with Crippen LogP contribution in [0.3, 0.4) is 0 Å². The molecule has 2 atom stereocenters. The first-order chi connectivity index (χ1) is 7.66. The molecule has 2 unspecified atom stereocenters. The Labute approximate surface area is 98.8 Å². The van der Waals surface area contributed by atoms with E-state index in [4.69, 9.17) is 4.74 Å². The molecule has 1 aliphatic heterocycles. The van der Waals surface area contributed by atoms with Gasteiger partial charge in [-0.2, -0.15) is 0 Å². The fraction of sp³-hybridized carbons (Fsp3) is 0.417. The standard InChI is InChI=1S/C12H14O3S/c1-8-2-4-9(5-3-8)11(13)15-10-6-7-16-12(10)14/h2-5,10,12,14H,6-7H2,1H3. The van der Waals surface area contributed by atoms with Crippen LogP contribution in [-0.2, 0) is 4.74 Å². The van der Waals surface area contributed by atoms with Gasteiger partial charge < -0.3 is 9.84 Å². The van der Waals surface area contributed by atoms with E-state index in [1.54, 1.807) is 12.1 Å². The molecule has 1 fully saturated rings. The number of hydrogen-bond donors (Lipinski definition) is 1. The molecule has 4 heteroatoms. The van der Waals surface area contributed by atoms with Crippen LogP contribution in [-0.4, -0.2) is 28.4 Å². The van der Waals surface area contributed by atoms with E-state index in [0.29, 0.717) is 5.56 Å². The van der Waals surface area contributed by atoms with E-state index in [0.717, 1.165) is 17.7 Å². The maximum Gasteiger partial charge on any atom is 0.338 e. The van der Waals surface area contributed by atoms with Gasteiger partial charge in [-0.05, 0) is 31.2 Å². The fourth-order valence-corrected chi connectivity index (χ4v) is 2.58. The zero-order valence-corrected chi connectivity index (χ0v) is 9.87. The van der Waals surface area contributed by atoms with E-state index in [1.165, 1.54) is 11.8 Å². The van der Waals surface area contributed by atoms with Crippen molar-refractivity contribution in [2.75, 3.05) is 5.75 Å². The predicted octanol–water partition coefficient (Wildman–Crippen LogP) is 1.98. The largest absolute Gasteiger partial charge is 0.455 e. The molecule has 0 aromatic heterocycles. The van der Waals surface area contributed by atoms with E-state index in [9.17, 15) is 9.90 Å². The summed E-state index contributed by atoms with van der Waals surface area (Å²) in [5, 5.41) is 9.51. The molecule has 0 amide bonds. The number of carbonyl (C=O) groups is 1. The molecule has 2 rings (SSSR count). The van der Waals surface area contributed by atoms with Crippen LogP contribution in [0, 0.1) is 6.92 Å². The Hall–Kier alpha value is -1.00. The number of benzene rings is 1. The summed E-state index contributed by atoms with van der Waals surface area (Å²) in [6.07, 6.45) is 0.363. The number of carbonyl (C=O) groups excluding carboxylic acids is 1. The van der Waals surface area contributed by atoms with Gasteiger partial charge in [0.15, 0.2) is 0 Å². The van der Waals surface area contributed by atoms with Gasteiger partial charge in [-0.1, -0.05) is 17.7 Å². The van der Waals surface area contributed by atoms with Crippen molar-refractivity contribution in [3.05, 3.63) is 35.4 Å². The Morgan fingerprint density at radius 3 is 2.69 bits per heavy atom. The summed E-state index contributed by atoms with van der Waals surface area (Å²) in [5.74, 6) is 0.485. The van der Waals surface area contributed by atoms with Gasteiger partial charge in [0, 0.05) is 0 Å². The number of hydrogen-bond acceptors (Lipinski definition) is 4. The molecule has 0 saturated carbocycles. The molecule has 0 radical (unpaired) electrons. The summed E-state index contributed by atoms with van der Waals surface area (Å²) >= 11 is 1.42. The quantitative estimate of drug-likeness (QED) is 0.800. The van der Waals surface area contributed by atoms with Crippen molar-refractivity contribution in [3.63, 3.8) is 0 Å². The third kappa shape index (κ3) is 2.57. The highest BCUT2D eigenvalue weighted by molar-refractivity contribution is 8.00. The number of aliphatic hydroxyl groups is 1. The van der Waals surface area contributed by atoms with Gasteiger partial charge in [-0.15, -0.1) is 11.8 Å². The van der Waals surface area contributed by atoms with E-state index < -0.39 is 5.44 Å². The second-order valence-electron chi connectivity index (χ2n) is 3.86. The van der Waals surface area contributed by atoms with Crippen molar-refractivity contribution < 1.29 is 14.6 Å². The molecule has 1 N–H and O–H groups in total. The minimum Gasteiger partial charge on any atom is -0.455 e. The average Bonchev–Trinajstić information content (AvgIpc) is 2.65. The predicted molar refractivity (Wildman–Crippen MR) is 63.5 cm³/mol. The van der Waals surface area contributed by atoms with Crippen molar-refractivity contribution in [1.29, 1.82) is 0 Å². The molecule has 1 heterocycles. The van der Waals surface area contributed by atoms with E-state index in [1.807, 2.05) is 19.1 Å². The Bertz CT molecular complexity index is 374. The van der Waals surface area contributed by atoms with Crippen LogP contribution in [0.25, 0.3) is 0 Å². The highest BCUT2D eigenvalue weighted by Gasteiger charge is 2.29. The molecule has 86 valence electrons. The first kappa shape index (κ1) is 11.5. The SMILES string of the molecule is Cc1ccc(C(=O)OC2CCSC2O)cc1. The lowest BCUT2D eigenvalue weighted by molar-refractivity contribution is 0.00917. The van der Waals surface area contributed by atoms with Crippen molar-refractivity contribution in [2.45, 2.75) is 24.9 Å². The summed E-state index contributed by atoms with van der Waals surface area (Å²) < 4.78 is 5.24. The van der Waals surface area contributed by atoms with Gasteiger partial charge in [0.2, 0.25) is 0 Å². The lowest BCUT2D eigenvalue weighted by atomic mass is 10.1. The Balaban J connectivity index is 2.00. The van der Waals surface area contributed by atoms with Crippen LogP contribution in [0.1, 0.15) is 22.3 Å². The zero-order valence-electron chi connectivity index (χ0n) is 9.05. The van der Waals surface area contributed by atoms with Crippen molar-refractivity contribution in [2.24, 2.45) is 0 Å². The van der Waals surface area contributed by atoms with E-state index >= 15 is 0 Å². The summed E-state index contributed by atoms with van der Waals surface area (Å²) in [4.78, 5) is 11.7. The molecule has 16 heavy (non-hydrogen) atoms. The molecule has 1 aromatic carbocycles. The van der Waals surface area contributed by atoms with Crippen LogP contribution in [0.5, 0.6) is 0 Å². The Morgan fingerprint density at radius 2 is 2.12 bits per heavy atom. The molecule has 3 nitrogen and oxygen atoms in total. The summed E-state index contributed by atoms with van der Waals surface area (Å²) in [6.45, 7) is 1.96. The maximum atomic E-state index is 11.7. The van der Waals surface area contributed by atoms with Crippen LogP contribution in [0.15, 0.2) is 24.3 Å². The summed E-state index contributed by atoms with van der Waals surface area (Å²) in [5.41, 5.74) is 1.07. The Morgan fingerprint density at radius 1 is 1.44 bits per heavy atom. The molecular formula is C12H14O3S. The van der Waals surface area contributed by atoms with E-state index in [-0.39, 0.29) is 12.1 Å². The molecule has 1 aliphatic rings. The monoisotopic (exact) mass is 238 g/mol. The fourth-order valence-electron chi connectivity index (χ4n) is 1.57. The summed E-state index contributed by atoms with van der Waals surface area (Å²) in [6, 6.07) is 7.23. The minimum absolute atomic E-state index is 0.355. The van der Waals surface area contributed by atoms with Gasteiger partial charge >= 0.3 is 5.97 Å². The zero-order chi connectivity index (χ0) is 11.5. The maximum absolute atomic E-state index is 11.7. The summed E-state index contributed by atoms with van der Waals surface area (Å²) in [7, 11) is 0. The molecule has 0 aliphatic carbocycles. The topological polar surface area (TPSA) is 46.5 Å². The highest BCUT2D eigenvalue weighted by Crippen LogP contribution is 2.27. The Kier molecular flexibility index (Phi) is 3.51. The number of aliphatic hydroxyl groups excluding tert-OH is 1. The minimum atomic E-state index is -0.575. The van der Waals surface area contributed by atoms with Crippen molar-refractivity contribution in [3.8, 4) is 0 Å². The third-order valence-electron chi connectivity index (χ3n) is 2.55. The van der Waals surface area contributed by atoms with Gasteiger partial charge in [0.1, 0.15) is 11.5 Å². The second-order valence-corrected chi connectivity index (χ2v) is 5.08. The first-order valence-corrected chi connectivity index (χ1v) is 6.29. The third-order valence-corrected chi connectivity index (χ3v) is 3.67. The molecule has 0 bridgehead atoms. The number of rotatable bonds is 2. The number of esters is 1. The first-order valence-electron chi connectivity index (χ1n) is 5.24. The second kappa shape index (κ2) is 4.89. The number of ether oxygens (including phenoxy) is 1. The van der Waals surface area contributed by atoms with Crippen LogP contribution in [0.2, 0.25) is 0 Å². The van der Waals surface area contributed by atoms with Crippen molar-refractivity contribution >= 4 is 17.7 Å². The van der Waals surface area contributed by atoms with E-state index in [2.05, 4.69) is 0 Å². The smallest absolute Gasteiger partial charge is 0.338 e. The molecular weight excluding hydrogens is 224 g/mol. The molecule has 1 saturated heterocycles. The molecule has 1 aromatic rings. The van der Waals surface area contributed by atoms with Crippen LogP contribution < -0.4 is 0 Å². The van der Waals surface area contributed by atoms with Gasteiger partial charge in [0.05, 0.1) is 5.56 Å². The van der Waals surface area contributed by atoms with Gasteiger partial charge in [-0.25, -0.2) is 4.79 Å². The normalized spacial score (nSPS) is 24.4. The number of aryl methyl sites for hydroxylation is 1. The van der Waals surface area contributed by atoms with Crippen LogP contribution in [0.4, 0.5) is 0 Å². The van der Waals surface area contributed by atoms with Gasteiger partial charge in [-0.3, -0.25) is 0 Å². The lowest BCUT2D eigenvalue weighted by Crippen LogP contribution is -2.24. The van der Waals surface area contributed by atoms with Crippen LogP contribution >= 0.6 is 11.8 Å². The highest BCUT2D eigenvalue weighted by atomic mass is 32.2. The average molecular weight is 238 g/mol. The molecule has 0 spiro atoms. The van der Waals surface area contributed by atoms with Gasteiger partial charge in [0.25, 0.3) is 0 Å². The lowest BCUT2D eigenvalue weighted by Gasteiger charge is -2.14.